The van der Waals surface area contributed by atoms with Gasteiger partial charge in [0.1, 0.15) is 5.60 Å². The summed E-state index contributed by atoms with van der Waals surface area (Å²) >= 11 is 0. The maximum Gasteiger partial charge on any atom is 0.471 e. The van der Waals surface area contributed by atoms with E-state index in [2.05, 4.69) is 11.8 Å². The van der Waals surface area contributed by atoms with E-state index in [9.17, 15) is 28.2 Å². The van der Waals surface area contributed by atoms with Crippen LogP contribution >= 0.6 is 0 Å². The Morgan fingerprint density at radius 1 is 1.36 bits per heavy atom. The Labute approximate surface area is 145 Å². The largest absolute Gasteiger partial charge is 0.471 e. The van der Waals surface area contributed by atoms with E-state index >= 15 is 0 Å². The molecule has 0 fully saturated rings. The van der Waals surface area contributed by atoms with E-state index in [0.717, 1.165) is 6.42 Å². The van der Waals surface area contributed by atoms with Crippen LogP contribution < -0.4 is 5.32 Å². The van der Waals surface area contributed by atoms with Crippen molar-refractivity contribution in [3.05, 3.63) is 35.4 Å². The molecule has 0 saturated heterocycles. The van der Waals surface area contributed by atoms with Crippen LogP contribution in [0.1, 0.15) is 50.3 Å². The molecule has 138 valence electrons. The summed E-state index contributed by atoms with van der Waals surface area (Å²) in [5.41, 5.74) is -0.0546. The minimum Gasteiger partial charge on any atom is -0.388 e. The van der Waals surface area contributed by atoms with E-state index in [1.54, 1.807) is 36.5 Å². The third-order valence-electron chi connectivity index (χ3n) is 3.45. The first kappa shape index (κ1) is 21.0. The van der Waals surface area contributed by atoms with Gasteiger partial charge in [0.2, 0.25) is 0 Å². The highest BCUT2D eigenvalue weighted by molar-refractivity contribution is 5.81. The molecule has 0 bridgehead atoms. The predicted molar refractivity (Wildman–Crippen MR) is 87.5 cm³/mol. The van der Waals surface area contributed by atoms with Gasteiger partial charge < -0.3 is 15.5 Å². The molecule has 0 radical (unpaired) electrons. The molecule has 4 nitrogen and oxygen atoms in total. The Bertz CT molecular complexity index is 645. The number of carbonyl (C=O) groups is 1. The Morgan fingerprint density at radius 3 is 2.64 bits per heavy atom. The second kappa shape index (κ2) is 8.88. The number of carbonyl (C=O) groups excluding carboxylic acids is 1. The van der Waals surface area contributed by atoms with Crippen LogP contribution in [0.5, 0.6) is 0 Å². The molecular formula is C18H22F3NO3. The maximum absolute atomic E-state index is 12.1. The van der Waals surface area contributed by atoms with Crippen LogP contribution in [0, 0.1) is 11.8 Å². The monoisotopic (exact) mass is 357 g/mol. The summed E-state index contributed by atoms with van der Waals surface area (Å²) in [5, 5.41) is 21.8. The number of alkyl halides is 3. The summed E-state index contributed by atoms with van der Waals surface area (Å²) < 4.78 is 36.2. The predicted octanol–water partition coefficient (Wildman–Crippen LogP) is 2.69. The number of hydrogen-bond acceptors (Lipinski definition) is 3. The van der Waals surface area contributed by atoms with Crippen molar-refractivity contribution >= 4 is 5.91 Å². The fourth-order valence-corrected chi connectivity index (χ4v) is 2.17. The Hall–Kier alpha value is -2.04. The van der Waals surface area contributed by atoms with Gasteiger partial charge in [-0.1, -0.05) is 37.3 Å². The molecule has 3 N–H and O–H groups in total. The highest BCUT2D eigenvalue weighted by atomic mass is 19.4. The Kier molecular flexibility index (Phi) is 7.46. The van der Waals surface area contributed by atoms with Crippen molar-refractivity contribution in [1.82, 2.24) is 5.32 Å². The van der Waals surface area contributed by atoms with Crippen molar-refractivity contribution in [2.75, 3.05) is 6.54 Å². The minimum absolute atomic E-state index is 0.0632. The van der Waals surface area contributed by atoms with E-state index in [-0.39, 0.29) is 13.0 Å². The number of amides is 1. The van der Waals surface area contributed by atoms with Gasteiger partial charge in [-0.05, 0) is 37.5 Å². The molecule has 7 heteroatoms. The quantitative estimate of drug-likeness (QED) is 0.686. The summed E-state index contributed by atoms with van der Waals surface area (Å²) in [6.45, 7) is 3.25. The topological polar surface area (TPSA) is 69.6 Å². The van der Waals surface area contributed by atoms with E-state index in [0.29, 0.717) is 17.5 Å². The van der Waals surface area contributed by atoms with Crippen LogP contribution in [0.3, 0.4) is 0 Å². The molecule has 25 heavy (non-hydrogen) atoms. The van der Waals surface area contributed by atoms with Gasteiger partial charge in [-0.3, -0.25) is 4.79 Å². The molecule has 2 unspecified atom stereocenters. The molecule has 1 rings (SSSR count). The standard InChI is InChI=1S/C18H22F3NO3/c1-3-9-17(2,25)10-7-13-5-4-6-14(12-13)15(23)8-11-22-16(24)18(19,20)21/h4-6,12,15,23,25H,3,8-9,11H2,1-2H3,(H,22,24). The van der Waals surface area contributed by atoms with Gasteiger partial charge in [0, 0.05) is 12.1 Å². The second-order valence-corrected chi connectivity index (χ2v) is 5.96. The summed E-state index contributed by atoms with van der Waals surface area (Å²) in [5.74, 6) is 3.56. The summed E-state index contributed by atoms with van der Waals surface area (Å²) in [4.78, 5) is 10.7. The van der Waals surface area contributed by atoms with Crippen molar-refractivity contribution < 1.29 is 28.2 Å². The van der Waals surface area contributed by atoms with Crippen LogP contribution in [0.4, 0.5) is 13.2 Å². The minimum atomic E-state index is -4.93. The van der Waals surface area contributed by atoms with Crippen LogP contribution in [0.2, 0.25) is 0 Å². The zero-order chi connectivity index (χ0) is 19.1. The number of halogens is 3. The lowest BCUT2D eigenvalue weighted by Gasteiger charge is -2.14. The van der Waals surface area contributed by atoms with Gasteiger partial charge in [0.15, 0.2) is 0 Å². The highest BCUT2D eigenvalue weighted by Gasteiger charge is 2.38. The number of benzene rings is 1. The molecule has 0 aliphatic heterocycles. The van der Waals surface area contributed by atoms with Crippen LogP contribution in [-0.2, 0) is 4.79 Å². The van der Waals surface area contributed by atoms with Gasteiger partial charge in [0.25, 0.3) is 0 Å². The fraction of sp³-hybridized carbons (Fsp3) is 0.500. The third kappa shape index (κ3) is 7.59. The Morgan fingerprint density at radius 2 is 2.04 bits per heavy atom. The van der Waals surface area contributed by atoms with E-state index in [1.165, 1.54) is 0 Å². The molecule has 2 atom stereocenters. The van der Waals surface area contributed by atoms with Crippen molar-refractivity contribution in [2.45, 2.75) is 51.0 Å². The van der Waals surface area contributed by atoms with Gasteiger partial charge in [-0.2, -0.15) is 13.2 Å². The van der Waals surface area contributed by atoms with Gasteiger partial charge in [0.05, 0.1) is 6.10 Å². The van der Waals surface area contributed by atoms with Crippen LogP contribution in [-0.4, -0.2) is 34.4 Å². The lowest BCUT2D eigenvalue weighted by Crippen LogP contribution is -2.37. The molecule has 0 spiro atoms. The first-order valence-corrected chi connectivity index (χ1v) is 7.94. The van der Waals surface area contributed by atoms with Crippen molar-refractivity contribution in [3.8, 4) is 11.8 Å². The van der Waals surface area contributed by atoms with Crippen LogP contribution in [0.25, 0.3) is 0 Å². The average molecular weight is 357 g/mol. The molecule has 0 aliphatic rings. The summed E-state index contributed by atoms with van der Waals surface area (Å²) in [7, 11) is 0. The molecule has 0 heterocycles. The van der Waals surface area contributed by atoms with Crippen molar-refractivity contribution in [3.63, 3.8) is 0 Å². The number of nitrogens with one attached hydrogen (secondary N) is 1. The average Bonchev–Trinajstić information content (AvgIpc) is 2.52. The molecule has 0 aromatic heterocycles. The molecule has 1 amide bonds. The Balaban J connectivity index is 2.68. The highest BCUT2D eigenvalue weighted by Crippen LogP contribution is 2.19. The number of rotatable bonds is 6. The smallest absolute Gasteiger partial charge is 0.388 e. The number of hydrogen-bond donors (Lipinski definition) is 3. The second-order valence-electron chi connectivity index (χ2n) is 5.96. The number of aliphatic hydroxyl groups is 2. The third-order valence-corrected chi connectivity index (χ3v) is 3.45. The summed E-state index contributed by atoms with van der Waals surface area (Å²) in [6.07, 6.45) is -4.72. The van der Waals surface area contributed by atoms with E-state index in [1.807, 2.05) is 6.92 Å². The molecule has 0 saturated carbocycles. The lowest BCUT2D eigenvalue weighted by atomic mass is 10.00. The van der Waals surface area contributed by atoms with Crippen LogP contribution in [0.15, 0.2) is 24.3 Å². The van der Waals surface area contributed by atoms with Gasteiger partial charge >= 0.3 is 12.1 Å². The summed E-state index contributed by atoms with van der Waals surface area (Å²) in [6, 6.07) is 6.58. The SMILES string of the molecule is CCCC(C)(O)C#Cc1cccc(C(O)CCNC(=O)C(F)(F)F)c1. The maximum atomic E-state index is 12.1. The van der Waals surface area contributed by atoms with E-state index < -0.39 is 23.8 Å². The molecular weight excluding hydrogens is 335 g/mol. The van der Waals surface area contributed by atoms with Gasteiger partial charge in [-0.15, -0.1) is 0 Å². The fourth-order valence-electron chi connectivity index (χ4n) is 2.17. The van der Waals surface area contributed by atoms with Gasteiger partial charge in [-0.25, -0.2) is 0 Å². The first-order chi connectivity index (χ1) is 11.5. The first-order valence-electron chi connectivity index (χ1n) is 7.94. The normalized spacial score (nSPS) is 14.8. The van der Waals surface area contributed by atoms with E-state index in [4.69, 9.17) is 0 Å². The molecule has 0 aliphatic carbocycles. The number of aliphatic hydroxyl groups excluding tert-OH is 1. The molecule has 1 aromatic carbocycles. The molecule has 1 aromatic rings. The lowest BCUT2D eigenvalue weighted by molar-refractivity contribution is -0.173. The van der Waals surface area contributed by atoms with Crippen molar-refractivity contribution in [2.24, 2.45) is 0 Å². The van der Waals surface area contributed by atoms with Crippen molar-refractivity contribution in [1.29, 1.82) is 0 Å². The zero-order valence-corrected chi connectivity index (χ0v) is 14.2. The zero-order valence-electron chi connectivity index (χ0n) is 14.2.